The quantitative estimate of drug-likeness (QED) is 0.130. The van der Waals surface area contributed by atoms with Gasteiger partial charge in [0.15, 0.2) is 0 Å². The Morgan fingerprint density at radius 2 is 0.755 bits per heavy atom. The highest BCUT2D eigenvalue weighted by atomic mass is 79.9. The lowest BCUT2D eigenvalue weighted by Gasteiger charge is -2.20. The molecule has 0 amide bonds. The van der Waals surface area contributed by atoms with E-state index in [0.29, 0.717) is 0 Å². The lowest BCUT2D eigenvalue weighted by Crippen LogP contribution is -1.93. The van der Waals surface area contributed by atoms with Gasteiger partial charge in [0, 0.05) is 16.5 Å². The maximum absolute atomic E-state index is 5.06. The van der Waals surface area contributed by atoms with Gasteiger partial charge in [-0.3, -0.25) is 0 Å². The Morgan fingerprint density at radius 3 is 1.40 bits per heavy atom. The SMILES string of the molecule is Brc1ccc2c(n1)-c1c3ccccc3c(-c3ccc4c5c(cccc35)-c3c-4c(-c4ccccc4)c4ccccc4c3-c3ccccc3)c3cccc-2c13. The predicted octanol–water partition coefficient (Wildman–Crippen LogP) is 14.8. The summed E-state index contributed by atoms with van der Waals surface area (Å²) in [6, 6.07) is 62.7. The van der Waals surface area contributed by atoms with E-state index in [1.807, 2.05) is 0 Å². The van der Waals surface area contributed by atoms with Gasteiger partial charge in [0.25, 0.3) is 0 Å². The van der Waals surface area contributed by atoms with E-state index < -0.39 is 0 Å². The van der Waals surface area contributed by atoms with Crippen LogP contribution in [0.15, 0.2) is 174 Å². The molecule has 1 aromatic heterocycles. The lowest BCUT2D eigenvalue weighted by atomic mass is 9.82. The van der Waals surface area contributed by atoms with Crippen molar-refractivity contribution in [1.82, 2.24) is 4.98 Å². The first-order chi connectivity index (χ1) is 26.3. The summed E-state index contributed by atoms with van der Waals surface area (Å²) in [7, 11) is 0. The Morgan fingerprint density at radius 1 is 0.283 bits per heavy atom. The molecule has 0 fully saturated rings. The molecular formula is C51H28BrN. The molecule has 12 rings (SSSR count). The van der Waals surface area contributed by atoms with Crippen molar-refractivity contribution in [2.45, 2.75) is 0 Å². The summed E-state index contributed by atoms with van der Waals surface area (Å²) in [6.45, 7) is 0. The topological polar surface area (TPSA) is 12.9 Å². The van der Waals surface area contributed by atoms with E-state index >= 15 is 0 Å². The molecule has 0 saturated heterocycles. The van der Waals surface area contributed by atoms with Gasteiger partial charge in [0.05, 0.1) is 5.69 Å². The molecular weight excluding hydrogens is 706 g/mol. The van der Waals surface area contributed by atoms with Crippen molar-refractivity contribution in [2.75, 3.05) is 0 Å². The fourth-order valence-electron chi connectivity index (χ4n) is 9.66. The fraction of sp³-hybridized carbons (Fsp3) is 0. The maximum Gasteiger partial charge on any atom is 0.106 e. The molecule has 0 aliphatic heterocycles. The monoisotopic (exact) mass is 733 g/mol. The van der Waals surface area contributed by atoms with Crippen molar-refractivity contribution in [1.29, 1.82) is 0 Å². The summed E-state index contributed by atoms with van der Waals surface area (Å²) in [6.07, 6.45) is 0. The Labute approximate surface area is 315 Å². The van der Waals surface area contributed by atoms with Crippen LogP contribution in [0.3, 0.4) is 0 Å². The molecule has 53 heavy (non-hydrogen) atoms. The third kappa shape index (κ3) is 3.88. The third-order valence-corrected chi connectivity index (χ3v) is 12.1. The standard InChI is InChI=1S/C51H28BrN/c52-42-28-27-38-36-22-12-23-39-45(33-19-9-10-20-35(33)50(47(36)39)51(38)53-42)37-25-26-41-46-34(37)21-11-24-40(46)48-43(29-13-3-1-4-14-29)31-17-7-8-18-32(31)44(49(41)48)30-15-5-2-6-16-30/h1-28H. The summed E-state index contributed by atoms with van der Waals surface area (Å²) in [5.74, 6) is 0. The Bertz CT molecular complexity index is 3120. The minimum Gasteiger partial charge on any atom is -0.240 e. The van der Waals surface area contributed by atoms with E-state index in [0.717, 1.165) is 10.3 Å². The number of halogens is 1. The maximum atomic E-state index is 5.06. The van der Waals surface area contributed by atoms with E-state index in [-0.39, 0.29) is 0 Å². The zero-order valence-electron chi connectivity index (χ0n) is 28.5. The van der Waals surface area contributed by atoms with Gasteiger partial charge in [-0.15, -0.1) is 0 Å². The number of hydrogen-bond donors (Lipinski definition) is 0. The van der Waals surface area contributed by atoms with Crippen LogP contribution in [0.5, 0.6) is 0 Å². The number of hydrogen-bond acceptors (Lipinski definition) is 1. The summed E-state index contributed by atoms with van der Waals surface area (Å²) < 4.78 is 0.856. The van der Waals surface area contributed by atoms with Gasteiger partial charge in [-0.05, 0) is 127 Å². The van der Waals surface area contributed by atoms with E-state index in [4.69, 9.17) is 4.98 Å². The first-order valence-corrected chi connectivity index (χ1v) is 19.0. The largest absolute Gasteiger partial charge is 0.240 e. The van der Waals surface area contributed by atoms with Gasteiger partial charge in [0.1, 0.15) is 4.60 Å². The van der Waals surface area contributed by atoms with Crippen LogP contribution in [0.25, 0.3) is 121 Å². The number of pyridine rings is 1. The van der Waals surface area contributed by atoms with Crippen molar-refractivity contribution in [3.8, 4) is 78.0 Å². The second-order valence-corrected chi connectivity index (χ2v) is 15.0. The van der Waals surface area contributed by atoms with E-state index in [1.54, 1.807) is 0 Å². The number of nitrogens with zero attached hydrogens (tertiary/aromatic N) is 1. The zero-order valence-corrected chi connectivity index (χ0v) is 30.1. The van der Waals surface area contributed by atoms with Gasteiger partial charge in [-0.1, -0.05) is 158 Å². The number of rotatable bonds is 3. The summed E-state index contributed by atoms with van der Waals surface area (Å²) in [4.78, 5) is 5.06. The highest BCUT2D eigenvalue weighted by Crippen LogP contribution is 2.60. The Kier molecular flexibility index (Phi) is 5.98. The first kappa shape index (κ1) is 29.3. The van der Waals surface area contributed by atoms with Gasteiger partial charge in [-0.25, -0.2) is 4.98 Å². The summed E-state index contributed by atoms with van der Waals surface area (Å²) >= 11 is 3.67. The fourth-order valence-corrected chi connectivity index (χ4v) is 9.97. The van der Waals surface area contributed by atoms with Crippen LogP contribution in [0.4, 0.5) is 0 Å². The number of aromatic nitrogens is 1. The van der Waals surface area contributed by atoms with Gasteiger partial charge < -0.3 is 0 Å². The highest BCUT2D eigenvalue weighted by Gasteiger charge is 2.33. The predicted molar refractivity (Wildman–Crippen MR) is 227 cm³/mol. The molecule has 1 nitrogen and oxygen atoms in total. The van der Waals surface area contributed by atoms with Crippen LogP contribution in [0.1, 0.15) is 0 Å². The molecule has 0 bridgehead atoms. The van der Waals surface area contributed by atoms with Crippen molar-refractivity contribution < 1.29 is 0 Å². The van der Waals surface area contributed by atoms with Crippen molar-refractivity contribution in [2.24, 2.45) is 0 Å². The average Bonchev–Trinajstić information content (AvgIpc) is 3.72. The first-order valence-electron chi connectivity index (χ1n) is 18.2. The van der Waals surface area contributed by atoms with E-state index in [1.165, 1.54) is 115 Å². The molecule has 2 aliphatic rings. The lowest BCUT2D eigenvalue weighted by molar-refractivity contribution is 1.30. The highest BCUT2D eigenvalue weighted by molar-refractivity contribution is 9.10. The van der Waals surface area contributed by atoms with E-state index in [9.17, 15) is 0 Å². The minimum atomic E-state index is 0.856. The summed E-state index contributed by atoms with van der Waals surface area (Å²) in [5.41, 5.74) is 17.6. The Balaban J connectivity index is 1.24. The molecule has 9 aromatic carbocycles. The van der Waals surface area contributed by atoms with Crippen molar-refractivity contribution in [3.63, 3.8) is 0 Å². The van der Waals surface area contributed by atoms with E-state index in [2.05, 4.69) is 186 Å². The third-order valence-electron chi connectivity index (χ3n) is 11.6. The number of benzene rings is 9. The molecule has 0 atom stereocenters. The Hall–Kier alpha value is -6.35. The zero-order chi connectivity index (χ0) is 34.8. The smallest absolute Gasteiger partial charge is 0.106 e. The molecule has 0 radical (unpaired) electrons. The van der Waals surface area contributed by atoms with Crippen LogP contribution in [-0.4, -0.2) is 4.98 Å². The summed E-state index contributed by atoms with van der Waals surface area (Å²) in [5, 5.41) is 10.2. The normalized spacial score (nSPS) is 12.2. The molecule has 0 spiro atoms. The van der Waals surface area contributed by atoms with Crippen LogP contribution >= 0.6 is 15.9 Å². The van der Waals surface area contributed by atoms with Crippen LogP contribution < -0.4 is 0 Å². The van der Waals surface area contributed by atoms with Gasteiger partial charge in [0.2, 0.25) is 0 Å². The van der Waals surface area contributed by atoms with Crippen LogP contribution in [-0.2, 0) is 0 Å². The van der Waals surface area contributed by atoms with Gasteiger partial charge in [-0.2, -0.15) is 0 Å². The van der Waals surface area contributed by atoms with Crippen molar-refractivity contribution >= 4 is 59.0 Å². The molecule has 2 aliphatic carbocycles. The molecule has 0 saturated carbocycles. The van der Waals surface area contributed by atoms with Gasteiger partial charge >= 0.3 is 0 Å². The average molecular weight is 735 g/mol. The molecule has 0 unspecified atom stereocenters. The minimum absolute atomic E-state index is 0.856. The molecule has 2 heteroatoms. The molecule has 0 N–H and O–H groups in total. The molecule has 244 valence electrons. The molecule has 10 aromatic rings. The second-order valence-electron chi connectivity index (χ2n) is 14.2. The second kappa shape index (κ2) is 10.8. The van der Waals surface area contributed by atoms with Crippen molar-refractivity contribution in [3.05, 3.63) is 174 Å². The molecule has 1 heterocycles. The van der Waals surface area contributed by atoms with Crippen LogP contribution in [0, 0.1) is 0 Å². The number of fused-ring (bicyclic) bond motifs is 9. The van der Waals surface area contributed by atoms with Crippen LogP contribution in [0.2, 0.25) is 0 Å².